The number of nitrogens with one attached hydrogen (secondary N) is 1. The zero-order valence-corrected chi connectivity index (χ0v) is 11.2. The van der Waals surface area contributed by atoms with Crippen LogP contribution in [-0.2, 0) is 10.0 Å². The van der Waals surface area contributed by atoms with Crippen molar-refractivity contribution in [1.82, 2.24) is 9.71 Å². The van der Waals surface area contributed by atoms with Gasteiger partial charge in [0.05, 0.1) is 0 Å². The van der Waals surface area contributed by atoms with Crippen molar-refractivity contribution in [3.63, 3.8) is 0 Å². The van der Waals surface area contributed by atoms with Crippen molar-refractivity contribution >= 4 is 26.0 Å². The number of halogens is 1. The molecule has 15 heavy (non-hydrogen) atoms. The summed E-state index contributed by atoms with van der Waals surface area (Å²) in [5, 5.41) is 0. The summed E-state index contributed by atoms with van der Waals surface area (Å²) in [6.07, 6.45) is 1.53. The maximum absolute atomic E-state index is 11.9. The number of nitrogens with zero attached hydrogens (tertiary/aromatic N) is 1. The SMILES string of the molecule is CC(C)(C)NS(=O)(=O)c1cccnc1Br. The maximum Gasteiger partial charge on any atom is 0.243 e. The second-order valence-corrected chi connectivity index (χ2v) is 6.55. The lowest BCUT2D eigenvalue weighted by Gasteiger charge is -2.20. The molecule has 0 atom stereocenters. The monoisotopic (exact) mass is 292 g/mol. The van der Waals surface area contributed by atoms with Crippen molar-refractivity contribution in [2.45, 2.75) is 31.2 Å². The maximum atomic E-state index is 11.9. The van der Waals surface area contributed by atoms with Crippen LogP contribution in [0, 0.1) is 0 Å². The average Bonchev–Trinajstić information content (AvgIpc) is 1.99. The van der Waals surface area contributed by atoms with Gasteiger partial charge >= 0.3 is 0 Å². The van der Waals surface area contributed by atoms with Crippen LogP contribution < -0.4 is 4.72 Å². The van der Waals surface area contributed by atoms with E-state index in [1.807, 2.05) is 0 Å². The highest BCUT2D eigenvalue weighted by Gasteiger charge is 2.24. The predicted octanol–water partition coefficient (Wildman–Crippen LogP) is 1.92. The van der Waals surface area contributed by atoms with Crippen molar-refractivity contribution in [2.75, 3.05) is 0 Å². The van der Waals surface area contributed by atoms with E-state index in [-0.39, 0.29) is 4.90 Å². The van der Waals surface area contributed by atoms with Gasteiger partial charge in [0.2, 0.25) is 10.0 Å². The van der Waals surface area contributed by atoms with Gasteiger partial charge in [0, 0.05) is 11.7 Å². The van der Waals surface area contributed by atoms with Crippen LogP contribution in [0.2, 0.25) is 0 Å². The highest BCUT2D eigenvalue weighted by molar-refractivity contribution is 9.10. The van der Waals surface area contributed by atoms with Gasteiger partial charge in [-0.25, -0.2) is 18.1 Å². The third-order valence-corrected chi connectivity index (χ3v) is 4.14. The predicted molar refractivity (Wildman–Crippen MR) is 62.0 cm³/mol. The molecule has 0 aliphatic heterocycles. The van der Waals surface area contributed by atoms with Crippen LogP contribution in [-0.4, -0.2) is 18.9 Å². The van der Waals surface area contributed by atoms with Gasteiger partial charge in [-0.2, -0.15) is 0 Å². The van der Waals surface area contributed by atoms with Gasteiger partial charge in [0.25, 0.3) is 0 Å². The molecule has 1 rings (SSSR count). The topological polar surface area (TPSA) is 59.1 Å². The van der Waals surface area contributed by atoms with E-state index in [2.05, 4.69) is 25.6 Å². The highest BCUT2D eigenvalue weighted by Crippen LogP contribution is 2.19. The molecule has 0 saturated carbocycles. The van der Waals surface area contributed by atoms with Gasteiger partial charge in [0.15, 0.2) is 0 Å². The summed E-state index contributed by atoms with van der Waals surface area (Å²) in [5.74, 6) is 0. The fourth-order valence-corrected chi connectivity index (χ4v) is 3.37. The zero-order valence-electron chi connectivity index (χ0n) is 8.78. The van der Waals surface area contributed by atoms with E-state index in [0.29, 0.717) is 4.60 Å². The first-order chi connectivity index (χ1) is 6.72. The molecule has 1 heterocycles. The number of hydrogen-bond donors (Lipinski definition) is 1. The molecular weight excluding hydrogens is 280 g/mol. The van der Waals surface area contributed by atoms with E-state index in [9.17, 15) is 8.42 Å². The molecule has 0 aliphatic carbocycles. The Bertz CT molecular complexity index is 451. The number of aromatic nitrogens is 1. The Kier molecular flexibility index (Phi) is 3.52. The standard InChI is InChI=1S/C9H13BrN2O2S/c1-9(2,3)12-15(13,14)7-5-4-6-11-8(7)10/h4-6,12H,1-3H3. The number of sulfonamides is 1. The summed E-state index contributed by atoms with van der Waals surface area (Å²) in [6.45, 7) is 5.36. The van der Waals surface area contributed by atoms with Crippen LogP contribution >= 0.6 is 15.9 Å². The van der Waals surface area contributed by atoms with Gasteiger partial charge in [-0.05, 0) is 48.8 Å². The molecule has 4 nitrogen and oxygen atoms in total. The Morgan fingerprint density at radius 3 is 2.47 bits per heavy atom. The first-order valence-electron chi connectivity index (χ1n) is 4.37. The van der Waals surface area contributed by atoms with Crippen LogP contribution in [0.5, 0.6) is 0 Å². The third-order valence-electron chi connectivity index (χ3n) is 1.45. The summed E-state index contributed by atoms with van der Waals surface area (Å²) in [6, 6.07) is 3.09. The number of pyridine rings is 1. The molecule has 1 aromatic rings. The summed E-state index contributed by atoms with van der Waals surface area (Å²) >= 11 is 3.11. The molecule has 0 aromatic carbocycles. The third kappa shape index (κ3) is 3.55. The van der Waals surface area contributed by atoms with E-state index in [1.165, 1.54) is 12.3 Å². The fourth-order valence-electron chi connectivity index (χ4n) is 1.03. The molecule has 0 radical (unpaired) electrons. The zero-order chi connectivity index (χ0) is 11.7. The lowest BCUT2D eigenvalue weighted by Crippen LogP contribution is -2.40. The fraction of sp³-hybridized carbons (Fsp3) is 0.444. The van der Waals surface area contributed by atoms with Gasteiger partial charge in [-0.1, -0.05) is 0 Å². The lowest BCUT2D eigenvalue weighted by molar-refractivity contribution is 0.491. The van der Waals surface area contributed by atoms with E-state index in [0.717, 1.165) is 0 Å². The van der Waals surface area contributed by atoms with Crippen molar-refractivity contribution < 1.29 is 8.42 Å². The molecule has 0 saturated heterocycles. The molecule has 0 amide bonds. The van der Waals surface area contributed by atoms with Crippen molar-refractivity contribution in [2.24, 2.45) is 0 Å². The normalized spacial score (nSPS) is 12.8. The lowest BCUT2D eigenvalue weighted by atomic mass is 10.1. The van der Waals surface area contributed by atoms with Crippen molar-refractivity contribution in [3.8, 4) is 0 Å². The van der Waals surface area contributed by atoms with Gasteiger partial charge in [-0.15, -0.1) is 0 Å². The molecular formula is C9H13BrN2O2S. The minimum atomic E-state index is -3.51. The Morgan fingerprint density at radius 1 is 1.40 bits per heavy atom. The smallest absolute Gasteiger partial charge is 0.243 e. The molecule has 6 heteroatoms. The molecule has 0 fully saturated rings. The molecule has 0 unspecified atom stereocenters. The molecule has 84 valence electrons. The van der Waals surface area contributed by atoms with Crippen LogP contribution in [0.3, 0.4) is 0 Å². The quantitative estimate of drug-likeness (QED) is 0.848. The number of hydrogen-bond acceptors (Lipinski definition) is 3. The van der Waals surface area contributed by atoms with Crippen molar-refractivity contribution in [3.05, 3.63) is 22.9 Å². The minimum Gasteiger partial charge on any atom is -0.248 e. The highest BCUT2D eigenvalue weighted by atomic mass is 79.9. The average molecular weight is 293 g/mol. The molecule has 0 aliphatic rings. The van der Waals surface area contributed by atoms with E-state index in [1.54, 1.807) is 26.8 Å². The first-order valence-corrected chi connectivity index (χ1v) is 6.64. The molecule has 0 bridgehead atoms. The molecule has 1 N–H and O–H groups in total. The summed E-state index contributed by atoms with van der Waals surface area (Å²) in [7, 11) is -3.51. The Labute approximate surface area is 98.3 Å². The van der Waals surface area contributed by atoms with E-state index >= 15 is 0 Å². The Hall–Kier alpha value is -0.460. The van der Waals surface area contributed by atoms with E-state index in [4.69, 9.17) is 0 Å². The summed E-state index contributed by atoms with van der Waals surface area (Å²) in [4.78, 5) is 4.03. The second kappa shape index (κ2) is 4.19. The van der Waals surface area contributed by atoms with E-state index < -0.39 is 15.6 Å². The van der Waals surface area contributed by atoms with Gasteiger partial charge in [-0.3, -0.25) is 0 Å². The summed E-state index contributed by atoms with van der Waals surface area (Å²) < 4.78 is 26.7. The van der Waals surface area contributed by atoms with Crippen LogP contribution in [0.25, 0.3) is 0 Å². The van der Waals surface area contributed by atoms with Crippen LogP contribution in [0.15, 0.2) is 27.8 Å². The van der Waals surface area contributed by atoms with Crippen LogP contribution in [0.1, 0.15) is 20.8 Å². The minimum absolute atomic E-state index is 0.153. The van der Waals surface area contributed by atoms with Crippen molar-refractivity contribution in [1.29, 1.82) is 0 Å². The Morgan fingerprint density at radius 2 is 2.00 bits per heavy atom. The van der Waals surface area contributed by atoms with Crippen LogP contribution in [0.4, 0.5) is 0 Å². The Balaban J connectivity index is 3.13. The largest absolute Gasteiger partial charge is 0.248 e. The first kappa shape index (κ1) is 12.6. The van der Waals surface area contributed by atoms with Gasteiger partial charge in [0.1, 0.15) is 9.50 Å². The molecule has 0 spiro atoms. The number of rotatable bonds is 2. The second-order valence-electron chi connectivity index (χ2n) is 4.15. The van der Waals surface area contributed by atoms with Gasteiger partial charge < -0.3 is 0 Å². The molecule has 1 aromatic heterocycles. The summed E-state index contributed by atoms with van der Waals surface area (Å²) in [5.41, 5.74) is -0.506.